The van der Waals surface area contributed by atoms with Crippen LogP contribution in [0.1, 0.15) is 45.6 Å². The van der Waals surface area contributed by atoms with Crippen LogP contribution in [0.2, 0.25) is 0 Å². The van der Waals surface area contributed by atoms with Gasteiger partial charge in [-0.15, -0.1) is 0 Å². The molecule has 0 heterocycles. The standard InChI is InChI=1S/C17H30N2/c1-4-15(5-2)13-19-17(6-3,14-18)12-16-10-8-7-9-11-16/h7-11,15,19H,4-6,12-14,18H2,1-3H3. The summed E-state index contributed by atoms with van der Waals surface area (Å²) in [6.45, 7) is 8.53. The molecule has 0 aliphatic rings. The van der Waals surface area contributed by atoms with E-state index in [1.807, 2.05) is 0 Å². The third kappa shape index (κ3) is 4.96. The highest BCUT2D eigenvalue weighted by Crippen LogP contribution is 2.18. The molecule has 0 bridgehead atoms. The van der Waals surface area contributed by atoms with E-state index in [2.05, 4.69) is 56.4 Å². The second kappa shape index (κ2) is 8.34. The Morgan fingerprint density at radius 3 is 2.21 bits per heavy atom. The van der Waals surface area contributed by atoms with Gasteiger partial charge in [-0.3, -0.25) is 0 Å². The van der Waals surface area contributed by atoms with Crippen LogP contribution in [-0.4, -0.2) is 18.6 Å². The van der Waals surface area contributed by atoms with E-state index in [9.17, 15) is 0 Å². The van der Waals surface area contributed by atoms with Gasteiger partial charge in [-0.25, -0.2) is 0 Å². The molecule has 1 aromatic carbocycles. The predicted molar refractivity (Wildman–Crippen MR) is 84.3 cm³/mol. The molecule has 108 valence electrons. The quantitative estimate of drug-likeness (QED) is 0.716. The van der Waals surface area contributed by atoms with Crippen molar-refractivity contribution in [2.24, 2.45) is 11.7 Å². The first-order chi connectivity index (χ1) is 9.19. The molecule has 0 radical (unpaired) electrons. The lowest BCUT2D eigenvalue weighted by Gasteiger charge is -2.34. The van der Waals surface area contributed by atoms with Crippen molar-refractivity contribution in [3.8, 4) is 0 Å². The molecule has 0 spiro atoms. The Bertz CT molecular complexity index is 326. The molecule has 1 aromatic rings. The summed E-state index contributed by atoms with van der Waals surface area (Å²) in [5.41, 5.74) is 7.49. The zero-order valence-corrected chi connectivity index (χ0v) is 12.8. The number of benzene rings is 1. The van der Waals surface area contributed by atoms with Crippen molar-refractivity contribution in [2.75, 3.05) is 13.1 Å². The molecule has 19 heavy (non-hydrogen) atoms. The normalized spacial score (nSPS) is 14.6. The maximum absolute atomic E-state index is 6.07. The fourth-order valence-electron chi connectivity index (χ4n) is 2.53. The fraction of sp³-hybridized carbons (Fsp3) is 0.647. The Kier molecular flexibility index (Phi) is 7.11. The molecule has 0 fully saturated rings. The van der Waals surface area contributed by atoms with Crippen molar-refractivity contribution in [3.63, 3.8) is 0 Å². The lowest BCUT2D eigenvalue weighted by molar-refractivity contribution is 0.287. The van der Waals surface area contributed by atoms with Gasteiger partial charge in [0.2, 0.25) is 0 Å². The molecule has 1 unspecified atom stereocenters. The third-order valence-corrected chi connectivity index (χ3v) is 4.37. The van der Waals surface area contributed by atoms with Gasteiger partial charge in [0.25, 0.3) is 0 Å². The number of rotatable bonds is 9. The molecule has 3 N–H and O–H groups in total. The Hall–Kier alpha value is -0.860. The molecule has 0 saturated heterocycles. The van der Waals surface area contributed by atoms with E-state index >= 15 is 0 Å². The van der Waals surface area contributed by atoms with E-state index < -0.39 is 0 Å². The third-order valence-electron chi connectivity index (χ3n) is 4.37. The second-order valence-electron chi connectivity index (χ2n) is 5.56. The number of nitrogens with one attached hydrogen (secondary N) is 1. The van der Waals surface area contributed by atoms with Gasteiger partial charge in [0.15, 0.2) is 0 Å². The highest BCUT2D eigenvalue weighted by molar-refractivity contribution is 5.18. The highest BCUT2D eigenvalue weighted by atomic mass is 15.0. The second-order valence-corrected chi connectivity index (χ2v) is 5.56. The molecule has 0 amide bonds. The van der Waals surface area contributed by atoms with E-state index in [0.717, 1.165) is 25.3 Å². The Morgan fingerprint density at radius 2 is 1.74 bits per heavy atom. The van der Waals surface area contributed by atoms with Gasteiger partial charge in [0, 0.05) is 12.1 Å². The van der Waals surface area contributed by atoms with Gasteiger partial charge in [0.1, 0.15) is 0 Å². The predicted octanol–water partition coefficient (Wildman–Crippen LogP) is 3.36. The largest absolute Gasteiger partial charge is 0.329 e. The lowest BCUT2D eigenvalue weighted by atomic mass is 9.87. The van der Waals surface area contributed by atoms with Gasteiger partial charge < -0.3 is 11.1 Å². The zero-order valence-electron chi connectivity index (χ0n) is 12.8. The Balaban J connectivity index is 2.68. The van der Waals surface area contributed by atoms with Crippen molar-refractivity contribution in [1.29, 1.82) is 0 Å². The smallest absolute Gasteiger partial charge is 0.0342 e. The van der Waals surface area contributed by atoms with Crippen LogP contribution in [0, 0.1) is 5.92 Å². The maximum Gasteiger partial charge on any atom is 0.0342 e. The van der Waals surface area contributed by atoms with Crippen LogP contribution in [0.15, 0.2) is 30.3 Å². The van der Waals surface area contributed by atoms with Crippen LogP contribution in [0.5, 0.6) is 0 Å². The molecule has 2 heteroatoms. The van der Waals surface area contributed by atoms with Crippen molar-refractivity contribution < 1.29 is 0 Å². The first-order valence-electron chi connectivity index (χ1n) is 7.68. The summed E-state index contributed by atoms with van der Waals surface area (Å²) in [5.74, 6) is 0.758. The first-order valence-corrected chi connectivity index (χ1v) is 7.68. The SMILES string of the molecule is CCC(CC)CNC(CC)(CN)Cc1ccccc1. The average Bonchev–Trinajstić information content (AvgIpc) is 2.48. The number of hydrogen-bond acceptors (Lipinski definition) is 2. The van der Waals surface area contributed by atoms with Crippen LogP contribution in [-0.2, 0) is 6.42 Å². The Morgan fingerprint density at radius 1 is 1.11 bits per heavy atom. The summed E-state index contributed by atoms with van der Waals surface area (Å²) < 4.78 is 0. The van der Waals surface area contributed by atoms with E-state index in [4.69, 9.17) is 5.73 Å². The first kappa shape index (κ1) is 16.2. The monoisotopic (exact) mass is 262 g/mol. The minimum Gasteiger partial charge on any atom is -0.329 e. The molecule has 0 aliphatic carbocycles. The van der Waals surface area contributed by atoms with Crippen molar-refractivity contribution in [3.05, 3.63) is 35.9 Å². The number of nitrogens with two attached hydrogens (primary N) is 1. The maximum atomic E-state index is 6.07. The minimum atomic E-state index is 0.0456. The summed E-state index contributed by atoms with van der Waals surface area (Å²) in [5, 5.41) is 3.76. The van der Waals surface area contributed by atoms with Crippen LogP contribution >= 0.6 is 0 Å². The Labute approximate surface area is 118 Å². The highest BCUT2D eigenvalue weighted by Gasteiger charge is 2.26. The summed E-state index contributed by atoms with van der Waals surface area (Å²) in [6, 6.07) is 10.7. The molecular formula is C17H30N2. The van der Waals surface area contributed by atoms with Crippen LogP contribution in [0.3, 0.4) is 0 Å². The van der Waals surface area contributed by atoms with Crippen molar-refractivity contribution in [2.45, 2.75) is 52.0 Å². The molecular weight excluding hydrogens is 232 g/mol. The molecule has 1 atom stereocenters. The molecule has 0 saturated carbocycles. The van der Waals surface area contributed by atoms with Crippen LogP contribution in [0.25, 0.3) is 0 Å². The van der Waals surface area contributed by atoms with Crippen LogP contribution in [0.4, 0.5) is 0 Å². The zero-order chi connectivity index (χ0) is 14.1. The summed E-state index contributed by atoms with van der Waals surface area (Å²) >= 11 is 0. The number of hydrogen-bond donors (Lipinski definition) is 2. The molecule has 0 aromatic heterocycles. The minimum absolute atomic E-state index is 0.0456. The van der Waals surface area contributed by atoms with E-state index in [-0.39, 0.29) is 5.54 Å². The van der Waals surface area contributed by atoms with Gasteiger partial charge in [-0.1, -0.05) is 63.9 Å². The molecule has 0 aliphatic heterocycles. The van der Waals surface area contributed by atoms with Gasteiger partial charge in [-0.05, 0) is 30.9 Å². The lowest BCUT2D eigenvalue weighted by Crippen LogP contribution is -2.53. The summed E-state index contributed by atoms with van der Waals surface area (Å²) in [4.78, 5) is 0. The summed E-state index contributed by atoms with van der Waals surface area (Å²) in [6.07, 6.45) is 4.55. The topological polar surface area (TPSA) is 38.0 Å². The van der Waals surface area contributed by atoms with Gasteiger partial charge in [0.05, 0.1) is 0 Å². The molecule has 1 rings (SSSR count). The van der Waals surface area contributed by atoms with Crippen molar-refractivity contribution >= 4 is 0 Å². The van der Waals surface area contributed by atoms with E-state index in [1.54, 1.807) is 0 Å². The van der Waals surface area contributed by atoms with Gasteiger partial charge in [-0.2, -0.15) is 0 Å². The summed E-state index contributed by atoms with van der Waals surface area (Å²) in [7, 11) is 0. The van der Waals surface area contributed by atoms with Gasteiger partial charge >= 0.3 is 0 Å². The molecule has 2 nitrogen and oxygen atoms in total. The fourth-order valence-corrected chi connectivity index (χ4v) is 2.53. The average molecular weight is 262 g/mol. The van der Waals surface area contributed by atoms with Crippen LogP contribution < -0.4 is 11.1 Å². The van der Waals surface area contributed by atoms with E-state index in [0.29, 0.717) is 6.54 Å². The van der Waals surface area contributed by atoms with Crippen molar-refractivity contribution in [1.82, 2.24) is 5.32 Å². The van der Waals surface area contributed by atoms with E-state index in [1.165, 1.54) is 18.4 Å².